The summed E-state index contributed by atoms with van der Waals surface area (Å²) in [5, 5.41) is 12.0. The number of carbonyl (C=O) groups is 1. The third-order valence-electron chi connectivity index (χ3n) is 3.80. The number of hydrogen-bond donors (Lipinski definition) is 2. The Hall–Kier alpha value is -1.05. The molecule has 0 atom stereocenters. The number of likely N-dealkylation sites (tertiary alicyclic amines) is 1. The van der Waals surface area contributed by atoms with E-state index in [1.807, 2.05) is 0 Å². The van der Waals surface area contributed by atoms with Crippen molar-refractivity contribution in [2.75, 3.05) is 32.8 Å². The fourth-order valence-corrected chi connectivity index (χ4v) is 2.34. The molecule has 1 heterocycles. The minimum absolute atomic E-state index is 0.0470. The summed E-state index contributed by atoms with van der Waals surface area (Å²) < 4.78 is 0. The van der Waals surface area contributed by atoms with Crippen LogP contribution in [0, 0.1) is 23.7 Å². The Morgan fingerprint density at radius 1 is 1.47 bits per heavy atom. The summed E-state index contributed by atoms with van der Waals surface area (Å²) in [6.07, 6.45) is 7.75. The number of nitrogens with one attached hydrogen (secondary N) is 1. The minimum Gasteiger partial charge on any atom is -0.396 e. The van der Waals surface area contributed by atoms with E-state index in [9.17, 15) is 4.79 Å². The second kappa shape index (κ2) is 7.52. The van der Waals surface area contributed by atoms with Crippen molar-refractivity contribution in [3.8, 4) is 12.3 Å². The highest BCUT2D eigenvalue weighted by Crippen LogP contribution is 2.20. The molecule has 0 saturated carbocycles. The van der Waals surface area contributed by atoms with Crippen LogP contribution in [0.25, 0.3) is 0 Å². The van der Waals surface area contributed by atoms with Crippen molar-refractivity contribution in [1.82, 2.24) is 10.2 Å². The third kappa shape index (κ3) is 5.63. The van der Waals surface area contributed by atoms with Crippen molar-refractivity contribution in [2.24, 2.45) is 11.3 Å². The first-order valence-corrected chi connectivity index (χ1v) is 7.03. The van der Waals surface area contributed by atoms with Gasteiger partial charge < -0.3 is 10.4 Å². The summed E-state index contributed by atoms with van der Waals surface area (Å²) in [7, 11) is 0. The first-order chi connectivity index (χ1) is 8.98. The number of piperidine rings is 1. The zero-order chi connectivity index (χ0) is 14.3. The molecule has 1 aliphatic heterocycles. The largest absolute Gasteiger partial charge is 0.396 e. The quantitative estimate of drug-likeness (QED) is 0.701. The Morgan fingerprint density at radius 3 is 2.63 bits per heavy atom. The molecule has 0 spiro atoms. The number of aliphatic hydroxyl groups excluding tert-OH is 1. The van der Waals surface area contributed by atoms with Crippen LogP contribution in [0.5, 0.6) is 0 Å². The van der Waals surface area contributed by atoms with E-state index in [-0.39, 0.29) is 23.8 Å². The van der Waals surface area contributed by atoms with Gasteiger partial charge in [-0.3, -0.25) is 9.69 Å². The summed E-state index contributed by atoms with van der Waals surface area (Å²) in [4.78, 5) is 14.3. The molecule has 1 aliphatic rings. The lowest BCUT2D eigenvalue weighted by atomic mass is 9.89. The van der Waals surface area contributed by atoms with Crippen LogP contribution < -0.4 is 5.32 Å². The zero-order valence-electron chi connectivity index (χ0n) is 12.1. The van der Waals surface area contributed by atoms with Crippen molar-refractivity contribution >= 4 is 5.91 Å². The Balaban J connectivity index is 2.30. The van der Waals surface area contributed by atoms with Gasteiger partial charge in [0.05, 0.1) is 6.54 Å². The molecule has 1 amide bonds. The molecule has 4 nitrogen and oxygen atoms in total. The van der Waals surface area contributed by atoms with E-state index in [1.165, 1.54) is 0 Å². The predicted molar refractivity (Wildman–Crippen MR) is 76.5 cm³/mol. The summed E-state index contributed by atoms with van der Waals surface area (Å²) in [5.74, 6) is 2.90. The molecule has 1 rings (SSSR count). The summed E-state index contributed by atoms with van der Waals surface area (Å²) in [6.45, 7) is 7.38. The second-order valence-corrected chi connectivity index (χ2v) is 6.11. The summed E-state index contributed by atoms with van der Waals surface area (Å²) in [5.41, 5.74) is -0.0470. The molecule has 0 bridgehead atoms. The highest BCUT2D eigenvalue weighted by atomic mass is 16.3. The Kier molecular flexibility index (Phi) is 6.33. The van der Waals surface area contributed by atoms with E-state index in [4.69, 9.17) is 11.5 Å². The fourth-order valence-electron chi connectivity index (χ4n) is 2.34. The maximum Gasteiger partial charge on any atom is 0.223 e. The number of hydrogen-bond acceptors (Lipinski definition) is 3. The number of terminal acetylenes is 1. The van der Waals surface area contributed by atoms with Crippen LogP contribution >= 0.6 is 0 Å². The Morgan fingerprint density at radius 2 is 2.11 bits per heavy atom. The lowest BCUT2D eigenvalue weighted by Crippen LogP contribution is -2.43. The number of nitrogens with zero attached hydrogens (tertiary/aromatic N) is 1. The molecule has 4 heteroatoms. The fraction of sp³-hybridized carbons (Fsp3) is 0.800. The van der Waals surface area contributed by atoms with Gasteiger partial charge in [-0.1, -0.05) is 19.8 Å². The molecule has 0 aromatic heterocycles. The molecule has 1 fully saturated rings. The molecule has 2 N–H and O–H groups in total. The van der Waals surface area contributed by atoms with Gasteiger partial charge in [-0.25, -0.2) is 0 Å². The molecule has 0 aliphatic carbocycles. The molecule has 0 aromatic carbocycles. The van der Waals surface area contributed by atoms with E-state index in [0.29, 0.717) is 19.5 Å². The molecule has 0 unspecified atom stereocenters. The van der Waals surface area contributed by atoms with Crippen LogP contribution in [0.4, 0.5) is 0 Å². The van der Waals surface area contributed by atoms with Gasteiger partial charge in [-0.2, -0.15) is 0 Å². The summed E-state index contributed by atoms with van der Waals surface area (Å²) in [6, 6.07) is 0. The van der Waals surface area contributed by atoms with Gasteiger partial charge in [0.1, 0.15) is 0 Å². The summed E-state index contributed by atoms with van der Waals surface area (Å²) >= 11 is 0. The van der Waals surface area contributed by atoms with Gasteiger partial charge in [-0.05, 0) is 37.8 Å². The van der Waals surface area contributed by atoms with Gasteiger partial charge >= 0.3 is 0 Å². The number of aliphatic hydroxyl groups is 1. The van der Waals surface area contributed by atoms with Crippen molar-refractivity contribution in [3.05, 3.63) is 0 Å². The van der Waals surface area contributed by atoms with Gasteiger partial charge in [0.2, 0.25) is 5.91 Å². The SMILES string of the molecule is C#CCN1CCC(C(=O)NCC(C)(C)CCO)CC1. The molecule has 108 valence electrons. The van der Waals surface area contributed by atoms with Crippen LogP contribution in [0.15, 0.2) is 0 Å². The molecule has 0 radical (unpaired) electrons. The monoisotopic (exact) mass is 266 g/mol. The number of carbonyl (C=O) groups excluding carboxylic acids is 1. The van der Waals surface area contributed by atoms with Crippen LogP contribution in [0.3, 0.4) is 0 Å². The molecule has 19 heavy (non-hydrogen) atoms. The lowest BCUT2D eigenvalue weighted by molar-refractivity contribution is -0.126. The molecule has 0 aromatic rings. The molecular weight excluding hydrogens is 240 g/mol. The number of rotatable bonds is 6. The van der Waals surface area contributed by atoms with Gasteiger partial charge in [-0.15, -0.1) is 6.42 Å². The van der Waals surface area contributed by atoms with Crippen LogP contribution in [-0.4, -0.2) is 48.7 Å². The van der Waals surface area contributed by atoms with Crippen molar-refractivity contribution in [1.29, 1.82) is 0 Å². The second-order valence-electron chi connectivity index (χ2n) is 6.11. The van der Waals surface area contributed by atoms with Gasteiger partial charge in [0.15, 0.2) is 0 Å². The van der Waals surface area contributed by atoms with E-state index < -0.39 is 0 Å². The van der Waals surface area contributed by atoms with E-state index in [2.05, 4.69) is 30.0 Å². The van der Waals surface area contributed by atoms with Crippen molar-refractivity contribution in [2.45, 2.75) is 33.1 Å². The topological polar surface area (TPSA) is 52.6 Å². The van der Waals surface area contributed by atoms with Crippen LogP contribution in [0.2, 0.25) is 0 Å². The van der Waals surface area contributed by atoms with E-state index in [1.54, 1.807) is 0 Å². The average molecular weight is 266 g/mol. The van der Waals surface area contributed by atoms with E-state index in [0.717, 1.165) is 25.9 Å². The van der Waals surface area contributed by atoms with Crippen LogP contribution in [0.1, 0.15) is 33.1 Å². The first kappa shape index (κ1) is 16.0. The Labute approximate surface area is 116 Å². The molecule has 1 saturated heterocycles. The third-order valence-corrected chi connectivity index (χ3v) is 3.80. The lowest BCUT2D eigenvalue weighted by Gasteiger charge is -2.31. The minimum atomic E-state index is -0.0470. The van der Waals surface area contributed by atoms with E-state index >= 15 is 0 Å². The van der Waals surface area contributed by atoms with Gasteiger partial charge in [0.25, 0.3) is 0 Å². The standard InChI is InChI=1S/C15H26N2O2/c1-4-8-17-9-5-13(6-10-17)14(19)16-12-15(2,3)7-11-18/h1,13,18H,5-12H2,2-3H3,(H,16,19). The zero-order valence-corrected chi connectivity index (χ0v) is 12.1. The maximum atomic E-state index is 12.1. The molecular formula is C15H26N2O2. The average Bonchev–Trinajstić information content (AvgIpc) is 2.37. The maximum absolute atomic E-state index is 12.1. The van der Waals surface area contributed by atoms with Gasteiger partial charge in [0, 0.05) is 19.1 Å². The van der Waals surface area contributed by atoms with Crippen LogP contribution in [-0.2, 0) is 4.79 Å². The smallest absolute Gasteiger partial charge is 0.223 e. The first-order valence-electron chi connectivity index (χ1n) is 7.03. The number of amides is 1. The highest BCUT2D eigenvalue weighted by Gasteiger charge is 2.26. The normalized spacial score (nSPS) is 18.0. The predicted octanol–water partition coefficient (Wildman–Crippen LogP) is 0.856. The highest BCUT2D eigenvalue weighted by molar-refractivity contribution is 5.78. The Bertz CT molecular complexity index is 326. The van der Waals surface area contributed by atoms with Crippen molar-refractivity contribution < 1.29 is 9.90 Å². The van der Waals surface area contributed by atoms with Crippen molar-refractivity contribution in [3.63, 3.8) is 0 Å².